The van der Waals surface area contributed by atoms with Crippen LogP contribution in [0.3, 0.4) is 0 Å². The molecular weight excluding hydrogens is 438 g/mol. The van der Waals surface area contributed by atoms with Crippen molar-refractivity contribution in [3.8, 4) is 0 Å². The molecule has 172 valence electrons. The Morgan fingerprint density at radius 1 is 0.939 bits per heavy atom. The molecule has 1 aromatic carbocycles. The fourth-order valence-electron chi connectivity index (χ4n) is 5.10. The van der Waals surface area contributed by atoms with Crippen LogP contribution in [0.2, 0.25) is 0 Å². The Hall–Kier alpha value is -2.78. The van der Waals surface area contributed by atoms with Crippen LogP contribution in [0.25, 0.3) is 0 Å². The highest BCUT2D eigenvalue weighted by Gasteiger charge is 2.39. The number of carbonyl (C=O) groups excluding carboxylic acids is 3. The lowest BCUT2D eigenvalue weighted by Gasteiger charge is -2.48. The second-order valence-electron chi connectivity index (χ2n) is 9.39. The number of nitrogens with zero attached hydrogens (tertiary/aromatic N) is 5. The number of aromatic nitrogens is 1. The van der Waals surface area contributed by atoms with Gasteiger partial charge in [0.05, 0.1) is 0 Å². The van der Waals surface area contributed by atoms with Gasteiger partial charge in [-0.25, -0.2) is 4.98 Å². The van der Waals surface area contributed by atoms with Crippen molar-refractivity contribution in [2.24, 2.45) is 5.92 Å². The molecule has 9 heteroatoms. The van der Waals surface area contributed by atoms with Crippen LogP contribution in [-0.2, 0) is 11.2 Å². The van der Waals surface area contributed by atoms with Crippen LogP contribution in [-0.4, -0.2) is 89.3 Å². The number of rotatable bonds is 4. The zero-order valence-corrected chi connectivity index (χ0v) is 19.3. The van der Waals surface area contributed by atoms with Crippen molar-refractivity contribution in [1.29, 1.82) is 0 Å². The molecule has 0 atom stereocenters. The zero-order valence-electron chi connectivity index (χ0n) is 18.5. The zero-order chi connectivity index (χ0) is 22.5. The third kappa shape index (κ3) is 3.83. The molecule has 3 fully saturated rings. The van der Waals surface area contributed by atoms with Crippen LogP contribution < -0.4 is 4.90 Å². The van der Waals surface area contributed by atoms with Gasteiger partial charge in [-0.1, -0.05) is 0 Å². The summed E-state index contributed by atoms with van der Waals surface area (Å²) in [7, 11) is 0. The highest BCUT2D eigenvalue weighted by molar-refractivity contribution is 7.11. The number of carbonyl (C=O) groups is 3. The summed E-state index contributed by atoms with van der Waals surface area (Å²) in [6, 6.07) is 6.16. The van der Waals surface area contributed by atoms with E-state index in [4.69, 9.17) is 0 Å². The van der Waals surface area contributed by atoms with Crippen LogP contribution >= 0.6 is 11.3 Å². The Balaban J connectivity index is 1.02. The van der Waals surface area contributed by atoms with Crippen molar-refractivity contribution in [3.63, 3.8) is 0 Å². The first-order chi connectivity index (χ1) is 16.1. The molecular formula is C24H27N5O3S. The van der Waals surface area contributed by atoms with Crippen LogP contribution in [0.1, 0.15) is 38.6 Å². The van der Waals surface area contributed by atoms with E-state index in [2.05, 4.69) is 9.88 Å². The molecule has 0 N–H and O–H groups in total. The van der Waals surface area contributed by atoms with E-state index in [1.54, 1.807) is 6.20 Å². The van der Waals surface area contributed by atoms with Gasteiger partial charge in [-0.15, -0.1) is 11.3 Å². The molecule has 0 bridgehead atoms. The summed E-state index contributed by atoms with van der Waals surface area (Å²) < 4.78 is 0. The molecule has 4 aliphatic rings. The molecule has 1 aliphatic carbocycles. The Kier molecular flexibility index (Phi) is 5.18. The van der Waals surface area contributed by atoms with E-state index in [-0.39, 0.29) is 23.6 Å². The molecule has 0 radical (unpaired) electrons. The number of likely N-dealkylation sites (tertiary alicyclic amines) is 1. The molecule has 2 saturated heterocycles. The molecule has 6 rings (SSSR count). The maximum absolute atomic E-state index is 13.0. The predicted octanol–water partition coefficient (Wildman–Crippen LogP) is 1.72. The SMILES string of the molecule is O=C(c1ccc2c(c1)CCN2C(=O)C1CC1)N1CC(N2CCN(C(=O)c3nccs3)CC2)C1. The molecule has 0 spiro atoms. The largest absolute Gasteiger partial charge is 0.335 e. The fourth-order valence-corrected chi connectivity index (χ4v) is 5.71. The Morgan fingerprint density at radius 2 is 1.73 bits per heavy atom. The molecule has 1 saturated carbocycles. The van der Waals surface area contributed by atoms with Crippen LogP contribution in [0.5, 0.6) is 0 Å². The second-order valence-corrected chi connectivity index (χ2v) is 10.3. The Labute approximate surface area is 196 Å². The molecule has 8 nitrogen and oxygen atoms in total. The quantitative estimate of drug-likeness (QED) is 0.687. The Bertz CT molecular complexity index is 1090. The van der Waals surface area contributed by atoms with E-state index < -0.39 is 0 Å². The van der Waals surface area contributed by atoms with Crippen LogP contribution in [0, 0.1) is 5.92 Å². The normalized spacial score (nSPS) is 21.2. The fraction of sp³-hybridized carbons (Fsp3) is 0.500. The summed E-state index contributed by atoms with van der Waals surface area (Å²) in [5, 5.41) is 2.38. The Morgan fingerprint density at radius 3 is 2.42 bits per heavy atom. The third-order valence-electron chi connectivity index (χ3n) is 7.30. The van der Waals surface area contributed by atoms with Crippen molar-refractivity contribution >= 4 is 34.7 Å². The first-order valence-corrected chi connectivity index (χ1v) is 12.6. The predicted molar refractivity (Wildman–Crippen MR) is 125 cm³/mol. The van der Waals surface area contributed by atoms with Crippen LogP contribution in [0.15, 0.2) is 29.8 Å². The monoisotopic (exact) mass is 465 g/mol. The number of fused-ring (bicyclic) bond motifs is 1. The summed E-state index contributed by atoms with van der Waals surface area (Å²) in [6.07, 6.45) is 4.50. The molecule has 33 heavy (non-hydrogen) atoms. The van der Waals surface area contributed by atoms with E-state index in [0.717, 1.165) is 63.2 Å². The molecule has 3 amide bonds. The average Bonchev–Trinajstić information content (AvgIpc) is 3.35. The summed E-state index contributed by atoms with van der Waals surface area (Å²) in [5.74, 6) is 0.539. The third-order valence-corrected chi connectivity index (χ3v) is 8.06. The maximum Gasteiger partial charge on any atom is 0.282 e. The minimum Gasteiger partial charge on any atom is -0.335 e. The van der Waals surface area contributed by atoms with Gasteiger partial charge in [-0.05, 0) is 43.0 Å². The van der Waals surface area contributed by atoms with Crippen molar-refractivity contribution in [2.75, 3.05) is 50.7 Å². The van der Waals surface area contributed by atoms with E-state index in [1.807, 2.05) is 38.3 Å². The van der Waals surface area contributed by atoms with Crippen molar-refractivity contribution < 1.29 is 14.4 Å². The number of piperazine rings is 1. The first-order valence-electron chi connectivity index (χ1n) is 11.7. The minimum absolute atomic E-state index is 0.0177. The van der Waals surface area contributed by atoms with Gasteiger partial charge in [-0.3, -0.25) is 19.3 Å². The van der Waals surface area contributed by atoms with Gasteiger partial charge in [-0.2, -0.15) is 0 Å². The standard InChI is InChI=1S/C24H27N5O3S/c30-22(18-3-4-20-17(13-18)5-7-29(20)23(31)16-1-2-16)28-14-19(15-28)26-8-10-27(11-9-26)24(32)21-25-6-12-33-21/h3-4,6,12-13,16,19H,1-2,5,7-11,14-15H2. The molecule has 1 aromatic heterocycles. The number of hydrogen-bond donors (Lipinski definition) is 0. The van der Waals surface area contributed by atoms with E-state index >= 15 is 0 Å². The second kappa shape index (κ2) is 8.22. The summed E-state index contributed by atoms with van der Waals surface area (Å²) in [5.41, 5.74) is 2.80. The summed E-state index contributed by atoms with van der Waals surface area (Å²) >= 11 is 1.38. The van der Waals surface area contributed by atoms with E-state index in [1.165, 1.54) is 11.3 Å². The van der Waals surface area contributed by atoms with Crippen LogP contribution in [0.4, 0.5) is 5.69 Å². The molecule has 3 aliphatic heterocycles. The first kappa shape index (κ1) is 20.8. The number of anilines is 1. The van der Waals surface area contributed by atoms with E-state index in [9.17, 15) is 14.4 Å². The smallest absolute Gasteiger partial charge is 0.282 e. The molecule has 2 aromatic rings. The topological polar surface area (TPSA) is 77.1 Å². The highest BCUT2D eigenvalue weighted by atomic mass is 32.1. The van der Waals surface area contributed by atoms with Crippen molar-refractivity contribution in [3.05, 3.63) is 45.9 Å². The number of benzene rings is 1. The van der Waals surface area contributed by atoms with Gasteiger partial charge in [0.1, 0.15) is 0 Å². The van der Waals surface area contributed by atoms with Gasteiger partial charge in [0.25, 0.3) is 11.8 Å². The molecule has 0 unspecified atom stereocenters. The number of hydrogen-bond acceptors (Lipinski definition) is 6. The van der Waals surface area contributed by atoms with Gasteiger partial charge >= 0.3 is 0 Å². The van der Waals surface area contributed by atoms with Crippen molar-refractivity contribution in [1.82, 2.24) is 19.7 Å². The number of thiazole rings is 1. The van der Waals surface area contributed by atoms with Gasteiger partial charge in [0, 0.05) is 80.6 Å². The summed E-state index contributed by atoms with van der Waals surface area (Å²) in [6.45, 7) is 5.23. The molecule has 4 heterocycles. The minimum atomic E-state index is 0.0177. The van der Waals surface area contributed by atoms with E-state index in [0.29, 0.717) is 29.7 Å². The van der Waals surface area contributed by atoms with Crippen molar-refractivity contribution in [2.45, 2.75) is 25.3 Å². The lowest BCUT2D eigenvalue weighted by molar-refractivity contribution is -0.119. The van der Waals surface area contributed by atoms with Gasteiger partial charge in [0.2, 0.25) is 5.91 Å². The lowest BCUT2D eigenvalue weighted by atomic mass is 10.0. The van der Waals surface area contributed by atoms with Gasteiger partial charge in [0.15, 0.2) is 5.01 Å². The maximum atomic E-state index is 13.0. The highest BCUT2D eigenvalue weighted by Crippen LogP contribution is 2.37. The number of amides is 3. The average molecular weight is 466 g/mol. The summed E-state index contributed by atoms with van der Waals surface area (Å²) in [4.78, 5) is 50.2. The van der Waals surface area contributed by atoms with Gasteiger partial charge < -0.3 is 14.7 Å². The lowest BCUT2D eigenvalue weighted by Crippen LogP contribution is -2.64.